The monoisotopic (exact) mass is 347 g/mol. The summed E-state index contributed by atoms with van der Waals surface area (Å²) >= 11 is 5.93. The Morgan fingerprint density at radius 1 is 1.29 bits per heavy atom. The van der Waals surface area contributed by atoms with Crippen molar-refractivity contribution in [1.29, 1.82) is 0 Å². The zero-order valence-electron chi connectivity index (χ0n) is 14.0. The molecule has 2 heterocycles. The lowest BCUT2D eigenvalue weighted by atomic mass is 10.1. The third kappa shape index (κ3) is 3.62. The van der Waals surface area contributed by atoms with Gasteiger partial charge in [0.1, 0.15) is 0 Å². The number of nitrogens with zero attached hydrogens (tertiary/aromatic N) is 3. The zero-order chi connectivity index (χ0) is 17.3. The summed E-state index contributed by atoms with van der Waals surface area (Å²) in [5.41, 5.74) is 4.51. The fourth-order valence-electron chi connectivity index (χ4n) is 3.28. The molecule has 0 radical (unpaired) electrons. The van der Waals surface area contributed by atoms with Gasteiger partial charge in [0.05, 0.1) is 18.2 Å². The lowest BCUT2D eigenvalue weighted by molar-refractivity contribution is -0.141. The molecule has 0 spiro atoms. The van der Waals surface area contributed by atoms with Gasteiger partial charge >= 0.3 is 5.97 Å². The molecule has 1 aliphatic heterocycles. The molecule has 0 saturated carbocycles. The minimum Gasteiger partial charge on any atom is -0.481 e. The minimum absolute atomic E-state index is 0.241. The molecule has 1 saturated heterocycles. The zero-order valence-corrected chi connectivity index (χ0v) is 14.8. The molecule has 6 heteroatoms. The fraction of sp³-hybridized carbons (Fsp3) is 0.444. The van der Waals surface area contributed by atoms with Crippen LogP contribution in [-0.4, -0.2) is 38.8 Å². The molecular weight excluding hydrogens is 326 g/mol. The number of rotatable bonds is 5. The predicted molar refractivity (Wildman–Crippen MR) is 93.3 cm³/mol. The summed E-state index contributed by atoms with van der Waals surface area (Å²) in [6.45, 7) is 7.03. The fourth-order valence-corrected chi connectivity index (χ4v) is 3.41. The van der Waals surface area contributed by atoms with Crippen LogP contribution in [-0.2, 0) is 17.9 Å². The summed E-state index contributed by atoms with van der Waals surface area (Å²) in [6.07, 6.45) is 0.729. The predicted octanol–water partition coefficient (Wildman–Crippen LogP) is 3.11. The second kappa shape index (κ2) is 6.95. The maximum Gasteiger partial charge on any atom is 0.307 e. The molecule has 1 aromatic heterocycles. The van der Waals surface area contributed by atoms with Crippen LogP contribution >= 0.6 is 11.6 Å². The van der Waals surface area contributed by atoms with E-state index in [1.165, 1.54) is 5.56 Å². The largest absolute Gasteiger partial charge is 0.481 e. The van der Waals surface area contributed by atoms with E-state index in [2.05, 4.69) is 16.9 Å². The number of hydrogen-bond acceptors (Lipinski definition) is 3. The Bertz CT molecular complexity index is 739. The quantitative estimate of drug-likeness (QED) is 0.902. The van der Waals surface area contributed by atoms with Crippen LogP contribution < -0.4 is 0 Å². The second-order valence-electron chi connectivity index (χ2n) is 6.49. The van der Waals surface area contributed by atoms with Gasteiger partial charge in [-0.25, -0.2) is 0 Å². The smallest absolute Gasteiger partial charge is 0.307 e. The van der Waals surface area contributed by atoms with Crippen molar-refractivity contribution in [2.24, 2.45) is 5.92 Å². The molecule has 1 N–H and O–H groups in total. The van der Waals surface area contributed by atoms with E-state index in [0.717, 1.165) is 41.5 Å². The molecule has 1 aliphatic rings. The lowest BCUT2D eigenvalue weighted by Crippen LogP contribution is -2.23. The van der Waals surface area contributed by atoms with Gasteiger partial charge in [0.25, 0.3) is 0 Å². The first-order valence-electron chi connectivity index (χ1n) is 8.16. The van der Waals surface area contributed by atoms with Crippen molar-refractivity contribution in [1.82, 2.24) is 14.7 Å². The van der Waals surface area contributed by atoms with E-state index in [9.17, 15) is 4.79 Å². The van der Waals surface area contributed by atoms with E-state index in [-0.39, 0.29) is 5.92 Å². The molecule has 1 atom stereocenters. The van der Waals surface area contributed by atoms with Crippen LogP contribution in [0.4, 0.5) is 0 Å². The van der Waals surface area contributed by atoms with E-state index >= 15 is 0 Å². The molecule has 1 fully saturated rings. The number of aryl methyl sites for hydroxylation is 1. The van der Waals surface area contributed by atoms with Crippen LogP contribution in [0.5, 0.6) is 0 Å². The lowest BCUT2D eigenvalue weighted by Gasteiger charge is -2.15. The Morgan fingerprint density at radius 2 is 2.00 bits per heavy atom. The van der Waals surface area contributed by atoms with Gasteiger partial charge in [-0.05, 0) is 44.5 Å². The Hall–Kier alpha value is -1.85. The highest BCUT2D eigenvalue weighted by atomic mass is 35.5. The van der Waals surface area contributed by atoms with E-state index < -0.39 is 5.97 Å². The Kier molecular flexibility index (Phi) is 4.92. The Morgan fingerprint density at radius 3 is 2.62 bits per heavy atom. The van der Waals surface area contributed by atoms with Gasteiger partial charge in [-0.15, -0.1) is 0 Å². The van der Waals surface area contributed by atoms with Crippen molar-refractivity contribution in [2.45, 2.75) is 33.4 Å². The molecule has 0 aliphatic carbocycles. The summed E-state index contributed by atoms with van der Waals surface area (Å²) in [5, 5.41) is 14.5. The number of likely N-dealkylation sites (tertiary alicyclic amines) is 1. The van der Waals surface area contributed by atoms with Crippen LogP contribution in [0.1, 0.15) is 28.9 Å². The van der Waals surface area contributed by atoms with Crippen LogP contribution in [0.2, 0.25) is 5.02 Å². The number of hydrogen-bond donors (Lipinski definition) is 1. The van der Waals surface area contributed by atoms with Gasteiger partial charge in [-0.1, -0.05) is 23.7 Å². The first-order valence-corrected chi connectivity index (χ1v) is 8.54. The van der Waals surface area contributed by atoms with Gasteiger partial charge in [0.2, 0.25) is 0 Å². The molecule has 2 aromatic rings. The first kappa shape index (κ1) is 17.0. The summed E-state index contributed by atoms with van der Waals surface area (Å²) in [4.78, 5) is 13.3. The topological polar surface area (TPSA) is 58.4 Å². The first-order chi connectivity index (χ1) is 11.4. The molecule has 5 nitrogen and oxygen atoms in total. The van der Waals surface area contributed by atoms with Crippen molar-refractivity contribution in [3.8, 4) is 0 Å². The maximum atomic E-state index is 11.1. The summed E-state index contributed by atoms with van der Waals surface area (Å²) in [6, 6.07) is 7.80. The van der Waals surface area contributed by atoms with E-state index in [0.29, 0.717) is 13.1 Å². The SMILES string of the molecule is Cc1nn(Cc2ccc(Cl)cc2)c(C)c1CN1CCC(C(=O)O)C1. The summed E-state index contributed by atoms with van der Waals surface area (Å²) < 4.78 is 2.01. The highest BCUT2D eigenvalue weighted by molar-refractivity contribution is 6.30. The summed E-state index contributed by atoms with van der Waals surface area (Å²) in [5.74, 6) is -0.931. The highest BCUT2D eigenvalue weighted by Gasteiger charge is 2.28. The van der Waals surface area contributed by atoms with Crippen LogP contribution in [0.3, 0.4) is 0 Å². The van der Waals surface area contributed by atoms with E-state index in [1.807, 2.05) is 35.9 Å². The van der Waals surface area contributed by atoms with Gasteiger partial charge in [-0.3, -0.25) is 14.4 Å². The number of carboxylic acid groups (broad SMARTS) is 1. The van der Waals surface area contributed by atoms with Gasteiger partial charge < -0.3 is 5.11 Å². The third-order valence-corrected chi connectivity index (χ3v) is 5.03. The van der Waals surface area contributed by atoms with Crippen molar-refractivity contribution in [2.75, 3.05) is 13.1 Å². The standard InChI is InChI=1S/C18H22ClN3O2/c1-12-17(11-21-8-7-15(10-21)18(23)24)13(2)22(20-12)9-14-3-5-16(19)6-4-14/h3-6,15H,7-11H2,1-2H3,(H,23,24). The van der Waals surface area contributed by atoms with Crippen molar-refractivity contribution in [3.63, 3.8) is 0 Å². The third-order valence-electron chi connectivity index (χ3n) is 4.78. The number of benzene rings is 1. The average molecular weight is 348 g/mol. The van der Waals surface area contributed by atoms with Gasteiger partial charge in [0, 0.05) is 29.4 Å². The van der Waals surface area contributed by atoms with E-state index in [4.69, 9.17) is 16.7 Å². The van der Waals surface area contributed by atoms with Gasteiger partial charge in [-0.2, -0.15) is 5.10 Å². The molecule has 128 valence electrons. The summed E-state index contributed by atoms with van der Waals surface area (Å²) in [7, 11) is 0. The number of halogens is 1. The molecular formula is C18H22ClN3O2. The number of aliphatic carboxylic acids is 1. The maximum absolute atomic E-state index is 11.1. The molecule has 24 heavy (non-hydrogen) atoms. The number of carbonyl (C=O) groups is 1. The molecule has 1 aromatic carbocycles. The van der Waals surface area contributed by atoms with Crippen LogP contribution in [0.15, 0.2) is 24.3 Å². The minimum atomic E-state index is -0.690. The molecule has 3 rings (SSSR count). The van der Waals surface area contributed by atoms with Crippen molar-refractivity contribution >= 4 is 17.6 Å². The van der Waals surface area contributed by atoms with Crippen molar-refractivity contribution < 1.29 is 9.90 Å². The molecule has 0 amide bonds. The molecule has 0 bridgehead atoms. The normalized spacial score (nSPS) is 18.2. The van der Waals surface area contributed by atoms with E-state index in [1.54, 1.807) is 0 Å². The Balaban J connectivity index is 1.72. The molecule has 1 unspecified atom stereocenters. The van der Waals surface area contributed by atoms with Crippen LogP contribution in [0, 0.1) is 19.8 Å². The number of aromatic nitrogens is 2. The van der Waals surface area contributed by atoms with Crippen molar-refractivity contribution in [3.05, 3.63) is 51.8 Å². The Labute approximate surface area is 146 Å². The average Bonchev–Trinajstić information content (AvgIpc) is 3.11. The second-order valence-corrected chi connectivity index (χ2v) is 6.93. The number of carboxylic acids is 1. The van der Waals surface area contributed by atoms with Crippen LogP contribution in [0.25, 0.3) is 0 Å². The highest BCUT2D eigenvalue weighted by Crippen LogP contribution is 2.22. The van der Waals surface area contributed by atoms with Gasteiger partial charge in [0.15, 0.2) is 0 Å².